The van der Waals surface area contributed by atoms with Crippen molar-refractivity contribution >= 4 is 39.1 Å². The van der Waals surface area contributed by atoms with Crippen LogP contribution >= 0.6 is 27.5 Å². The van der Waals surface area contributed by atoms with Crippen LogP contribution in [-0.2, 0) is 19.3 Å². The van der Waals surface area contributed by atoms with Crippen LogP contribution in [0, 0.1) is 13.8 Å². The van der Waals surface area contributed by atoms with E-state index in [0.717, 1.165) is 58.2 Å². The van der Waals surface area contributed by atoms with E-state index in [1.807, 2.05) is 13.8 Å². The molecule has 0 spiro atoms. The van der Waals surface area contributed by atoms with E-state index in [2.05, 4.69) is 59.1 Å². The van der Waals surface area contributed by atoms with Gasteiger partial charge in [0.1, 0.15) is 0 Å². The molecule has 1 N–H and O–H groups in total. The molecule has 26 heavy (non-hydrogen) atoms. The molecular formula is C21H26BrClN2O. The Kier molecular flexibility index (Phi) is 7.24. The fourth-order valence-electron chi connectivity index (χ4n) is 3.27. The lowest BCUT2D eigenvalue weighted by atomic mass is 10.0. The van der Waals surface area contributed by atoms with E-state index in [-0.39, 0.29) is 5.91 Å². The largest absolute Gasteiger partial charge is 0.321 e. The third kappa shape index (κ3) is 4.29. The van der Waals surface area contributed by atoms with Crippen LogP contribution in [0.15, 0.2) is 16.6 Å². The minimum absolute atomic E-state index is 0.191. The van der Waals surface area contributed by atoms with Gasteiger partial charge in [-0.1, -0.05) is 54.7 Å². The molecule has 1 aromatic carbocycles. The van der Waals surface area contributed by atoms with Gasteiger partial charge in [-0.15, -0.1) is 0 Å². The van der Waals surface area contributed by atoms with E-state index < -0.39 is 0 Å². The zero-order valence-corrected chi connectivity index (χ0v) is 18.4. The summed E-state index contributed by atoms with van der Waals surface area (Å²) in [5.74, 6) is -0.191. The number of halogens is 2. The molecule has 0 radical (unpaired) electrons. The second kappa shape index (κ2) is 9.01. The van der Waals surface area contributed by atoms with Crippen molar-refractivity contribution in [3.8, 4) is 0 Å². The Morgan fingerprint density at radius 1 is 1.12 bits per heavy atom. The lowest BCUT2D eigenvalue weighted by Crippen LogP contribution is -2.18. The second-order valence-corrected chi connectivity index (χ2v) is 7.75. The molecule has 2 rings (SSSR count). The summed E-state index contributed by atoms with van der Waals surface area (Å²) in [6.45, 7) is 10.1. The highest BCUT2D eigenvalue weighted by Crippen LogP contribution is 2.31. The molecule has 140 valence electrons. The van der Waals surface area contributed by atoms with Gasteiger partial charge < -0.3 is 5.32 Å². The molecule has 0 aliphatic heterocycles. The summed E-state index contributed by atoms with van der Waals surface area (Å²) in [6.07, 6.45) is 3.44. The number of pyridine rings is 1. The fraction of sp³-hybridized carbons (Fsp3) is 0.429. The number of carbonyl (C=O) groups excluding carboxylic acids is 1. The van der Waals surface area contributed by atoms with Crippen molar-refractivity contribution < 1.29 is 4.79 Å². The molecule has 0 saturated heterocycles. The normalized spacial score (nSPS) is 10.9. The molecule has 0 saturated carbocycles. The standard InChI is InChI=1S/C21H26BrClN2O/c1-6-9-17-12(4)24-13(5)18(19(17)23)21(26)25-20-14(7-2)10-16(22)11-15(20)8-3/h10-11H,6-9H2,1-5H3,(H,25,26). The summed E-state index contributed by atoms with van der Waals surface area (Å²) in [7, 11) is 0. The van der Waals surface area contributed by atoms with Crippen LogP contribution in [0.4, 0.5) is 5.69 Å². The van der Waals surface area contributed by atoms with Gasteiger partial charge in [0.2, 0.25) is 0 Å². The summed E-state index contributed by atoms with van der Waals surface area (Å²) < 4.78 is 1.03. The van der Waals surface area contributed by atoms with Gasteiger partial charge in [0.05, 0.1) is 16.3 Å². The van der Waals surface area contributed by atoms with Crippen LogP contribution in [0.25, 0.3) is 0 Å². The molecule has 1 amide bonds. The summed E-state index contributed by atoms with van der Waals surface area (Å²) in [4.78, 5) is 17.7. The van der Waals surface area contributed by atoms with Crippen molar-refractivity contribution in [2.75, 3.05) is 5.32 Å². The van der Waals surface area contributed by atoms with E-state index in [0.29, 0.717) is 16.3 Å². The minimum atomic E-state index is -0.191. The highest BCUT2D eigenvalue weighted by molar-refractivity contribution is 9.10. The summed E-state index contributed by atoms with van der Waals surface area (Å²) >= 11 is 10.2. The first-order valence-electron chi connectivity index (χ1n) is 9.12. The number of carbonyl (C=O) groups is 1. The fourth-order valence-corrected chi connectivity index (χ4v) is 4.27. The van der Waals surface area contributed by atoms with E-state index in [1.54, 1.807) is 0 Å². The topological polar surface area (TPSA) is 42.0 Å². The highest BCUT2D eigenvalue weighted by Gasteiger charge is 2.21. The number of nitrogens with one attached hydrogen (secondary N) is 1. The third-order valence-electron chi connectivity index (χ3n) is 4.61. The number of aromatic nitrogens is 1. The van der Waals surface area contributed by atoms with Gasteiger partial charge in [0.25, 0.3) is 5.91 Å². The first kappa shape index (κ1) is 20.9. The van der Waals surface area contributed by atoms with Gasteiger partial charge in [-0.2, -0.15) is 0 Å². The van der Waals surface area contributed by atoms with Crippen LogP contribution in [-0.4, -0.2) is 10.9 Å². The highest BCUT2D eigenvalue weighted by atomic mass is 79.9. The molecule has 0 aliphatic rings. The Bertz CT molecular complexity index is 808. The minimum Gasteiger partial charge on any atom is -0.321 e. The lowest BCUT2D eigenvalue weighted by molar-refractivity contribution is 0.102. The van der Waals surface area contributed by atoms with Crippen molar-refractivity contribution in [3.63, 3.8) is 0 Å². The maximum atomic E-state index is 13.1. The molecule has 3 nitrogen and oxygen atoms in total. The van der Waals surface area contributed by atoms with E-state index in [1.165, 1.54) is 0 Å². The van der Waals surface area contributed by atoms with E-state index >= 15 is 0 Å². The monoisotopic (exact) mass is 436 g/mol. The number of benzene rings is 1. The first-order chi connectivity index (χ1) is 12.3. The van der Waals surface area contributed by atoms with Gasteiger partial charge in [-0.3, -0.25) is 9.78 Å². The molecule has 0 atom stereocenters. The average molecular weight is 438 g/mol. The number of rotatable bonds is 6. The van der Waals surface area contributed by atoms with Gasteiger partial charge in [0.15, 0.2) is 0 Å². The molecule has 2 aromatic rings. The smallest absolute Gasteiger partial charge is 0.259 e. The summed E-state index contributed by atoms with van der Waals surface area (Å²) in [6, 6.07) is 4.11. The average Bonchev–Trinajstić information content (AvgIpc) is 2.59. The number of anilines is 1. The molecular weight excluding hydrogens is 412 g/mol. The molecule has 0 aliphatic carbocycles. The number of hydrogen-bond acceptors (Lipinski definition) is 2. The zero-order chi connectivity index (χ0) is 19.4. The zero-order valence-electron chi connectivity index (χ0n) is 16.1. The molecule has 0 fully saturated rings. The maximum absolute atomic E-state index is 13.1. The van der Waals surface area contributed by atoms with Crippen LogP contribution in [0.2, 0.25) is 5.02 Å². The molecule has 1 aromatic heterocycles. The van der Waals surface area contributed by atoms with E-state index in [9.17, 15) is 4.79 Å². The van der Waals surface area contributed by atoms with Gasteiger partial charge >= 0.3 is 0 Å². The summed E-state index contributed by atoms with van der Waals surface area (Å²) in [5.41, 5.74) is 6.10. The van der Waals surface area contributed by atoms with Crippen molar-refractivity contribution in [3.05, 3.63) is 55.3 Å². The van der Waals surface area contributed by atoms with Gasteiger partial charge in [-0.25, -0.2) is 0 Å². The van der Waals surface area contributed by atoms with Crippen molar-refractivity contribution in [2.24, 2.45) is 0 Å². The quantitative estimate of drug-likeness (QED) is 0.564. The number of hydrogen-bond donors (Lipinski definition) is 1. The third-order valence-corrected chi connectivity index (χ3v) is 5.49. The molecule has 5 heteroatoms. The Morgan fingerprint density at radius 2 is 1.69 bits per heavy atom. The maximum Gasteiger partial charge on any atom is 0.259 e. The first-order valence-corrected chi connectivity index (χ1v) is 10.3. The van der Waals surface area contributed by atoms with Crippen LogP contribution in [0.1, 0.15) is 65.6 Å². The van der Waals surface area contributed by atoms with Crippen LogP contribution < -0.4 is 5.32 Å². The molecule has 0 bridgehead atoms. The van der Waals surface area contributed by atoms with E-state index in [4.69, 9.17) is 11.6 Å². The summed E-state index contributed by atoms with van der Waals surface area (Å²) in [5, 5.41) is 3.64. The Balaban J connectivity index is 2.51. The predicted octanol–water partition coefficient (Wildman–Crippen LogP) is 6.44. The molecule has 0 unspecified atom stereocenters. The van der Waals surface area contributed by atoms with Crippen molar-refractivity contribution in [1.82, 2.24) is 4.98 Å². The SMILES string of the molecule is CCCc1c(C)nc(C)c(C(=O)Nc2c(CC)cc(Br)cc2CC)c1Cl. The molecule has 1 heterocycles. The number of aryl methyl sites for hydroxylation is 4. The van der Waals surface area contributed by atoms with Gasteiger partial charge in [-0.05, 0) is 61.9 Å². The van der Waals surface area contributed by atoms with Crippen LogP contribution in [0.3, 0.4) is 0 Å². The second-order valence-electron chi connectivity index (χ2n) is 6.46. The lowest BCUT2D eigenvalue weighted by Gasteiger charge is -2.18. The Labute approximate surface area is 169 Å². The van der Waals surface area contributed by atoms with Crippen LogP contribution in [0.5, 0.6) is 0 Å². The van der Waals surface area contributed by atoms with Crippen molar-refractivity contribution in [1.29, 1.82) is 0 Å². The number of nitrogens with zero attached hydrogens (tertiary/aromatic N) is 1. The van der Waals surface area contributed by atoms with Gasteiger partial charge in [0, 0.05) is 15.9 Å². The Morgan fingerprint density at radius 3 is 2.19 bits per heavy atom. The Hall–Kier alpha value is -1.39. The predicted molar refractivity (Wildman–Crippen MR) is 114 cm³/mol. The number of amides is 1. The van der Waals surface area contributed by atoms with Crippen molar-refractivity contribution in [2.45, 2.75) is 60.3 Å².